The number of benzene rings is 2. The summed E-state index contributed by atoms with van der Waals surface area (Å²) in [5.74, 6) is -2.95. The van der Waals surface area contributed by atoms with E-state index in [1.807, 2.05) is 0 Å². The number of nitrogens with one attached hydrogen (secondary N) is 3. The van der Waals surface area contributed by atoms with Crippen molar-refractivity contribution >= 4 is 52.6 Å². The average molecular weight is 759 g/mol. The molecule has 1 atom stereocenters. The number of anilines is 3. The monoisotopic (exact) mass is 758 g/mol. The maximum absolute atomic E-state index is 13.2. The molecule has 0 radical (unpaired) electrons. The standard InChI is InChI=1S/C37H42N8O10/c38-33-28(20-26(42-43-33)23-4-1-2-7-29(23)46)44-13-10-22(11-14-44)34(49)39-12-15-53-16-17-54-18-19-55-21-31(48)40-25-6-3-5-24-32(25)37(52)45(36(24)51)27-8-9-30(47)41-35(27)50/h1-7,20,22,27,46H,8-19,21H2,(H2,38,43)(H,39,49)(H,40,48)(H,41,47,50). The van der Waals surface area contributed by atoms with E-state index in [1.54, 1.807) is 30.3 Å². The van der Waals surface area contributed by atoms with Crippen LogP contribution in [0.1, 0.15) is 46.4 Å². The Labute approximate surface area is 315 Å². The number of phenolic OH excluding ortho intramolecular Hbond substituents is 1. The average Bonchev–Trinajstić information content (AvgIpc) is 3.43. The lowest BCUT2D eigenvalue weighted by Crippen LogP contribution is -2.54. The summed E-state index contributed by atoms with van der Waals surface area (Å²) < 4.78 is 16.4. The van der Waals surface area contributed by atoms with Gasteiger partial charge in [0.05, 0.1) is 61.2 Å². The van der Waals surface area contributed by atoms with Gasteiger partial charge in [-0.15, -0.1) is 10.2 Å². The predicted molar refractivity (Wildman–Crippen MR) is 196 cm³/mol. The van der Waals surface area contributed by atoms with Crippen LogP contribution in [0, 0.1) is 5.92 Å². The molecule has 6 amide bonds. The van der Waals surface area contributed by atoms with Crippen LogP contribution in [0.15, 0.2) is 48.5 Å². The third-order valence-corrected chi connectivity index (χ3v) is 9.45. The first-order valence-corrected chi connectivity index (χ1v) is 17.9. The molecule has 1 unspecified atom stereocenters. The van der Waals surface area contributed by atoms with Gasteiger partial charge in [-0.3, -0.25) is 39.0 Å². The minimum atomic E-state index is -1.11. The Balaban J connectivity index is 0.813. The number of piperidine rings is 2. The summed E-state index contributed by atoms with van der Waals surface area (Å²) >= 11 is 0. The lowest BCUT2D eigenvalue weighted by molar-refractivity contribution is -0.136. The second-order valence-corrected chi connectivity index (χ2v) is 13.1. The molecule has 1 aromatic heterocycles. The first-order chi connectivity index (χ1) is 26.6. The molecule has 18 nitrogen and oxygen atoms in total. The molecule has 18 heteroatoms. The van der Waals surface area contributed by atoms with E-state index in [0.717, 1.165) is 4.90 Å². The molecule has 290 valence electrons. The lowest BCUT2D eigenvalue weighted by Gasteiger charge is -2.33. The third-order valence-electron chi connectivity index (χ3n) is 9.45. The van der Waals surface area contributed by atoms with Crippen LogP contribution in [-0.4, -0.2) is 121 Å². The molecule has 0 saturated carbocycles. The van der Waals surface area contributed by atoms with Crippen LogP contribution in [0.25, 0.3) is 11.3 Å². The van der Waals surface area contributed by atoms with Crippen molar-refractivity contribution in [3.63, 3.8) is 0 Å². The van der Waals surface area contributed by atoms with Crippen molar-refractivity contribution in [2.75, 3.05) is 75.2 Å². The Kier molecular flexibility index (Phi) is 12.6. The highest BCUT2D eigenvalue weighted by molar-refractivity contribution is 6.26. The second kappa shape index (κ2) is 17.9. The van der Waals surface area contributed by atoms with E-state index in [9.17, 15) is 33.9 Å². The molecule has 3 aliphatic heterocycles. The van der Waals surface area contributed by atoms with Gasteiger partial charge in [0, 0.05) is 37.5 Å². The van der Waals surface area contributed by atoms with Crippen molar-refractivity contribution in [1.29, 1.82) is 0 Å². The number of carbonyl (C=O) groups excluding carboxylic acids is 6. The van der Waals surface area contributed by atoms with Crippen molar-refractivity contribution in [2.24, 2.45) is 5.92 Å². The number of rotatable bonds is 16. The zero-order valence-electron chi connectivity index (χ0n) is 30.0. The molecule has 3 aromatic rings. The summed E-state index contributed by atoms with van der Waals surface area (Å²) in [5, 5.41) is 26.1. The van der Waals surface area contributed by atoms with Crippen LogP contribution >= 0.6 is 0 Å². The Hall–Kier alpha value is -5.98. The van der Waals surface area contributed by atoms with E-state index in [2.05, 4.69) is 31.0 Å². The van der Waals surface area contributed by atoms with Gasteiger partial charge in [-0.25, -0.2) is 0 Å². The molecule has 6 rings (SSSR count). The highest BCUT2D eigenvalue weighted by Crippen LogP contribution is 2.34. The molecule has 2 fully saturated rings. The number of nitrogen functional groups attached to an aromatic ring is 1. The Bertz CT molecular complexity index is 1950. The number of para-hydroxylation sites is 1. The van der Waals surface area contributed by atoms with Gasteiger partial charge in [0.15, 0.2) is 5.82 Å². The number of nitrogens with zero attached hydrogens (tertiary/aromatic N) is 4. The van der Waals surface area contributed by atoms with Crippen LogP contribution in [-0.2, 0) is 33.4 Å². The summed E-state index contributed by atoms with van der Waals surface area (Å²) in [6.07, 6.45) is 1.30. The number of phenols is 1. The third kappa shape index (κ3) is 9.22. The van der Waals surface area contributed by atoms with Crippen LogP contribution < -0.4 is 26.6 Å². The predicted octanol–water partition coefficient (Wildman–Crippen LogP) is 0.854. The number of carbonyl (C=O) groups is 6. The number of hydrogen-bond acceptors (Lipinski definition) is 14. The number of imide groups is 2. The maximum atomic E-state index is 13.2. The summed E-state index contributed by atoms with van der Waals surface area (Å²) in [6, 6.07) is 12.0. The van der Waals surface area contributed by atoms with Gasteiger partial charge >= 0.3 is 0 Å². The molecule has 6 N–H and O–H groups in total. The van der Waals surface area contributed by atoms with E-state index in [-0.39, 0.29) is 79.5 Å². The van der Waals surface area contributed by atoms with E-state index in [1.165, 1.54) is 18.2 Å². The largest absolute Gasteiger partial charge is 0.507 e. The van der Waals surface area contributed by atoms with Gasteiger partial charge in [-0.1, -0.05) is 18.2 Å². The van der Waals surface area contributed by atoms with E-state index < -0.39 is 35.6 Å². The van der Waals surface area contributed by atoms with Crippen molar-refractivity contribution in [2.45, 2.75) is 31.7 Å². The number of nitrogens with two attached hydrogens (primary N) is 1. The minimum Gasteiger partial charge on any atom is -0.507 e. The van der Waals surface area contributed by atoms with Gasteiger partial charge in [0.2, 0.25) is 23.6 Å². The maximum Gasteiger partial charge on any atom is 0.264 e. The van der Waals surface area contributed by atoms with E-state index >= 15 is 0 Å². The van der Waals surface area contributed by atoms with Crippen molar-refractivity contribution in [3.05, 3.63) is 59.7 Å². The van der Waals surface area contributed by atoms with Gasteiger partial charge in [0.1, 0.15) is 18.4 Å². The fourth-order valence-electron chi connectivity index (χ4n) is 6.65. The zero-order chi connectivity index (χ0) is 38.9. The number of aromatic hydroxyl groups is 1. The zero-order valence-corrected chi connectivity index (χ0v) is 30.0. The highest BCUT2D eigenvalue weighted by Gasteiger charge is 2.45. The topological polar surface area (TPSA) is 245 Å². The van der Waals surface area contributed by atoms with E-state index in [4.69, 9.17) is 19.9 Å². The van der Waals surface area contributed by atoms with Crippen LogP contribution in [0.3, 0.4) is 0 Å². The molecule has 0 aliphatic carbocycles. The molecule has 3 aliphatic rings. The number of fused-ring (bicyclic) bond motifs is 1. The van der Waals surface area contributed by atoms with Crippen LogP contribution in [0.2, 0.25) is 0 Å². The quantitative estimate of drug-likeness (QED) is 0.101. The fourth-order valence-corrected chi connectivity index (χ4v) is 6.65. The normalized spacial score (nSPS) is 17.3. The van der Waals surface area contributed by atoms with Crippen LogP contribution in [0.4, 0.5) is 17.2 Å². The van der Waals surface area contributed by atoms with Gasteiger partial charge in [-0.05, 0) is 49.6 Å². The molecular formula is C37H42N8O10. The van der Waals surface area contributed by atoms with Crippen LogP contribution in [0.5, 0.6) is 5.75 Å². The molecule has 0 spiro atoms. The Morgan fingerprint density at radius 1 is 0.873 bits per heavy atom. The summed E-state index contributed by atoms with van der Waals surface area (Å²) in [5.41, 5.74) is 8.05. The molecule has 2 aromatic carbocycles. The number of hydrogen-bond donors (Lipinski definition) is 5. The number of aromatic nitrogens is 2. The highest BCUT2D eigenvalue weighted by atomic mass is 16.5. The molecule has 4 heterocycles. The first-order valence-electron chi connectivity index (χ1n) is 17.9. The van der Waals surface area contributed by atoms with Gasteiger partial charge in [-0.2, -0.15) is 0 Å². The number of amides is 6. The first kappa shape index (κ1) is 38.7. The number of ether oxygens (including phenoxy) is 3. The van der Waals surface area contributed by atoms with Gasteiger partial charge < -0.3 is 40.6 Å². The van der Waals surface area contributed by atoms with Crippen molar-refractivity contribution in [1.82, 2.24) is 25.7 Å². The Morgan fingerprint density at radius 3 is 2.33 bits per heavy atom. The summed E-state index contributed by atoms with van der Waals surface area (Å²) in [7, 11) is 0. The van der Waals surface area contributed by atoms with Gasteiger partial charge in [0.25, 0.3) is 11.8 Å². The summed E-state index contributed by atoms with van der Waals surface area (Å²) in [6.45, 7) is 2.41. The Morgan fingerprint density at radius 2 is 1.58 bits per heavy atom. The fraction of sp³-hybridized carbons (Fsp3) is 0.405. The smallest absolute Gasteiger partial charge is 0.264 e. The molecule has 2 saturated heterocycles. The van der Waals surface area contributed by atoms with Crippen molar-refractivity contribution in [3.8, 4) is 17.0 Å². The molecular weight excluding hydrogens is 716 g/mol. The lowest BCUT2D eigenvalue weighted by atomic mass is 9.95. The molecule has 0 bridgehead atoms. The SMILES string of the molecule is Nc1nnc(-c2ccccc2O)cc1N1CCC(C(=O)NCCOCCOCCOCC(=O)Nc2cccc3c2C(=O)N(C2CCC(=O)NC2=O)C3=O)CC1. The molecule has 55 heavy (non-hydrogen) atoms. The second-order valence-electron chi connectivity index (χ2n) is 13.1. The van der Waals surface area contributed by atoms with E-state index in [0.29, 0.717) is 62.6 Å². The van der Waals surface area contributed by atoms with Crippen molar-refractivity contribution < 1.29 is 48.1 Å². The minimum absolute atomic E-state index is 0.000859. The summed E-state index contributed by atoms with van der Waals surface area (Å²) in [4.78, 5) is 78.2.